The molecule has 0 amide bonds. The third kappa shape index (κ3) is 5.14. The lowest BCUT2D eigenvalue weighted by molar-refractivity contribution is 0.443. The van der Waals surface area contributed by atoms with Crippen LogP contribution >= 0.6 is 35.6 Å². The minimum atomic E-state index is 0. The van der Waals surface area contributed by atoms with Crippen LogP contribution in [0.15, 0.2) is 53.5 Å². The number of hydrogen-bond donors (Lipinski definition) is 1. The number of nitrogens with one attached hydrogen (secondary N) is 1. The first kappa shape index (κ1) is 19.1. The summed E-state index contributed by atoms with van der Waals surface area (Å²) in [5.74, 6) is 0.899. The van der Waals surface area contributed by atoms with Gasteiger partial charge in [0.05, 0.1) is 16.1 Å². The second kappa shape index (κ2) is 9.31. The van der Waals surface area contributed by atoms with Crippen LogP contribution in [0, 0.1) is 0 Å². The molecule has 1 N–H and O–H groups in total. The van der Waals surface area contributed by atoms with Crippen molar-refractivity contribution in [2.45, 2.75) is 38.1 Å². The Hall–Kier alpha value is -1.22. The van der Waals surface area contributed by atoms with E-state index in [9.17, 15) is 0 Å². The van der Waals surface area contributed by atoms with Crippen molar-refractivity contribution in [3.05, 3.63) is 64.1 Å². The van der Waals surface area contributed by atoms with E-state index in [1.165, 1.54) is 32.1 Å². The zero-order chi connectivity index (χ0) is 16.1. The number of hydrogen-bond acceptors (Lipinski definition) is 1. The molecule has 0 heterocycles. The molecule has 3 rings (SSSR count). The topological polar surface area (TPSA) is 24.4 Å². The lowest BCUT2D eigenvalue weighted by Crippen LogP contribution is -2.19. The number of rotatable bonds is 3. The van der Waals surface area contributed by atoms with Crippen molar-refractivity contribution in [2.75, 3.05) is 5.32 Å². The zero-order valence-corrected chi connectivity index (χ0v) is 15.7. The monoisotopic (exact) mass is 382 g/mol. The lowest BCUT2D eigenvalue weighted by atomic mass is 9.96. The molecule has 2 nitrogen and oxygen atoms in total. The van der Waals surface area contributed by atoms with Gasteiger partial charge >= 0.3 is 0 Å². The summed E-state index contributed by atoms with van der Waals surface area (Å²) in [6.45, 7) is 0. The molecular weight excluding hydrogens is 363 g/mol. The fourth-order valence-electron chi connectivity index (χ4n) is 2.88. The van der Waals surface area contributed by atoms with Gasteiger partial charge in [0.2, 0.25) is 0 Å². The molecule has 0 bridgehead atoms. The third-order valence-electron chi connectivity index (χ3n) is 4.12. The molecule has 0 atom stereocenters. The van der Waals surface area contributed by atoms with Gasteiger partial charge in [0.15, 0.2) is 0 Å². The van der Waals surface area contributed by atoms with Crippen LogP contribution in [0.1, 0.15) is 37.7 Å². The molecule has 0 saturated heterocycles. The average Bonchev–Trinajstić information content (AvgIpc) is 2.59. The Bertz CT molecular complexity index is 680. The molecule has 2 aromatic rings. The van der Waals surface area contributed by atoms with Crippen molar-refractivity contribution in [2.24, 2.45) is 4.99 Å². The highest BCUT2D eigenvalue weighted by atomic mass is 35.5. The molecule has 1 aliphatic carbocycles. The van der Waals surface area contributed by atoms with E-state index in [1.807, 2.05) is 30.3 Å². The first-order valence-electron chi connectivity index (χ1n) is 8.07. The van der Waals surface area contributed by atoms with Gasteiger partial charge < -0.3 is 5.32 Å². The van der Waals surface area contributed by atoms with Gasteiger partial charge in [-0.15, -0.1) is 12.4 Å². The molecule has 2 aromatic carbocycles. The van der Waals surface area contributed by atoms with Gasteiger partial charge in [-0.05, 0) is 31.0 Å². The first-order valence-corrected chi connectivity index (χ1v) is 8.83. The maximum Gasteiger partial charge on any atom is 0.133 e. The van der Waals surface area contributed by atoms with Crippen LogP contribution in [-0.2, 0) is 0 Å². The Balaban J connectivity index is 0.00000208. The van der Waals surface area contributed by atoms with Crippen molar-refractivity contribution >= 4 is 47.1 Å². The number of halogens is 3. The Morgan fingerprint density at radius 1 is 0.917 bits per heavy atom. The summed E-state index contributed by atoms with van der Waals surface area (Å²) in [7, 11) is 0. The molecule has 128 valence electrons. The van der Waals surface area contributed by atoms with E-state index in [1.54, 1.807) is 6.07 Å². The quantitative estimate of drug-likeness (QED) is 0.468. The second-order valence-corrected chi connectivity index (χ2v) is 6.70. The first-order chi connectivity index (χ1) is 11.2. The SMILES string of the molecule is Cl.Clc1ccc(NC(=NC2CCCCC2)c2ccccc2)cc1Cl. The Kier molecular flexibility index (Phi) is 7.41. The summed E-state index contributed by atoms with van der Waals surface area (Å²) in [6.07, 6.45) is 6.19. The Morgan fingerprint density at radius 3 is 2.29 bits per heavy atom. The number of amidine groups is 1. The normalized spacial score (nSPS) is 15.7. The highest BCUT2D eigenvalue weighted by Gasteiger charge is 2.14. The van der Waals surface area contributed by atoms with Crippen molar-refractivity contribution in [3.63, 3.8) is 0 Å². The molecule has 1 fully saturated rings. The standard InChI is InChI=1S/C19H20Cl2N2.ClH/c20-17-12-11-16(13-18(17)21)23-19(14-7-3-1-4-8-14)22-15-9-5-2-6-10-15;/h1,3-4,7-8,11-13,15H,2,5-6,9-10H2,(H,22,23);1H. The highest BCUT2D eigenvalue weighted by Crippen LogP contribution is 2.26. The van der Waals surface area contributed by atoms with Gasteiger partial charge in [-0.3, -0.25) is 4.99 Å². The Labute approximate surface area is 159 Å². The Morgan fingerprint density at radius 2 is 1.62 bits per heavy atom. The summed E-state index contributed by atoms with van der Waals surface area (Å²) >= 11 is 12.1. The maximum atomic E-state index is 6.12. The van der Waals surface area contributed by atoms with E-state index < -0.39 is 0 Å². The largest absolute Gasteiger partial charge is 0.340 e. The molecule has 24 heavy (non-hydrogen) atoms. The van der Waals surface area contributed by atoms with Gasteiger partial charge in [-0.1, -0.05) is 72.8 Å². The summed E-state index contributed by atoms with van der Waals surface area (Å²) in [5.41, 5.74) is 1.99. The molecule has 1 aliphatic rings. The molecule has 0 aromatic heterocycles. The van der Waals surface area contributed by atoms with Crippen molar-refractivity contribution < 1.29 is 0 Å². The summed E-state index contributed by atoms with van der Waals surface area (Å²) in [4.78, 5) is 4.98. The van der Waals surface area contributed by atoms with Crippen LogP contribution in [0.3, 0.4) is 0 Å². The number of anilines is 1. The van der Waals surface area contributed by atoms with Crippen LogP contribution in [0.2, 0.25) is 10.0 Å². The van der Waals surface area contributed by atoms with Crippen LogP contribution < -0.4 is 5.32 Å². The minimum absolute atomic E-state index is 0. The van der Waals surface area contributed by atoms with Crippen LogP contribution in [0.4, 0.5) is 5.69 Å². The van der Waals surface area contributed by atoms with Gasteiger partial charge in [0.1, 0.15) is 5.84 Å². The summed E-state index contributed by atoms with van der Waals surface area (Å²) < 4.78 is 0. The molecule has 0 aliphatic heterocycles. The van der Waals surface area contributed by atoms with E-state index >= 15 is 0 Å². The third-order valence-corrected chi connectivity index (χ3v) is 4.85. The summed E-state index contributed by atoms with van der Waals surface area (Å²) in [5, 5.41) is 4.52. The minimum Gasteiger partial charge on any atom is -0.340 e. The maximum absolute atomic E-state index is 6.12. The van der Waals surface area contributed by atoms with Crippen LogP contribution in [0.25, 0.3) is 0 Å². The molecule has 0 spiro atoms. The smallest absolute Gasteiger partial charge is 0.133 e. The lowest BCUT2D eigenvalue weighted by Gasteiger charge is -2.20. The van der Waals surface area contributed by atoms with Gasteiger partial charge in [-0.25, -0.2) is 0 Å². The van der Waals surface area contributed by atoms with Gasteiger partial charge in [0, 0.05) is 11.3 Å². The zero-order valence-electron chi connectivity index (χ0n) is 13.3. The van der Waals surface area contributed by atoms with Crippen LogP contribution in [-0.4, -0.2) is 11.9 Å². The van der Waals surface area contributed by atoms with E-state index in [0.717, 1.165) is 17.1 Å². The van der Waals surface area contributed by atoms with E-state index in [-0.39, 0.29) is 12.4 Å². The number of benzene rings is 2. The van der Waals surface area contributed by atoms with Gasteiger partial charge in [0.25, 0.3) is 0 Å². The fraction of sp³-hybridized carbons (Fsp3) is 0.316. The number of nitrogens with zero attached hydrogens (tertiary/aromatic N) is 1. The second-order valence-electron chi connectivity index (χ2n) is 5.89. The average molecular weight is 384 g/mol. The van der Waals surface area contributed by atoms with Gasteiger partial charge in [-0.2, -0.15) is 0 Å². The molecular formula is C19H21Cl3N2. The van der Waals surface area contributed by atoms with E-state index in [0.29, 0.717) is 16.1 Å². The molecule has 0 radical (unpaired) electrons. The van der Waals surface area contributed by atoms with Crippen molar-refractivity contribution in [3.8, 4) is 0 Å². The van der Waals surface area contributed by atoms with E-state index in [4.69, 9.17) is 28.2 Å². The number of aliphatic imine (C=N–C) groups is 1. The van der Waals surface area contributed by atoms with Crippen LogP contribution in [0.5, 0.6) is 0 Å². The van der Waals surface area contributed by atoms with Crippen molar-refractivity contribution in [1.29, 1.82) is 0 Å². The molecule has 0 unspecified atom stereocenters. The van der Waals surface area contributed by atoms with E-state index in [2.05, 4.69) is 17.4 Å². The fourth-order valence-corrected chi connectivity index (χ4v) is 3.18. The molecule has 1 saturated carbocycles. The predicted octanol–water partition coefficient (Wildman–Crippen LogP) is 6.61. The molecule has 5 heteroatoms. The summed E-state index contributed by atoms with van der Waals surface area (Å²) in [6, 6.07) is 16.2. The van der Waals surface area contributed by atoms with Crippen molar-refractivity contribution in [1.82, 2.24) is 0 Å². The predicted molar refractivity (Wildman–Crippen MR) is 107 cm³/mol. The highest BCUT2D eigenvalue weighted by molar-refractivity contribution is 6.42.